The van der Waals surface area contributed by atoms with Crippen LogP contribution in [-0.2, 0) is 11.2 Å². The molecule has 3 aromatic carbocycles. The van der Waals surface area contributed by atoms with Crippen LogP contribution < -0.4 is 10.1 Å². The molecule has 0 fully saturated rings. The van der Waals surface area contributed by atoms with Gasteiger partial charge in [-0.3, -0.25) is 4.79 Å². The highest BCUT2D eigenvalue weighted by molar-refractivity contribution is 5.93. The number of fused-ring (bicyclic) bond motifs is 1. The number of aryl methyl sites for hydroxylation is 2. The predicted octanol–water partition coefficient (Wildman–Crippen LogP) is 5.75. The standard InChI is InChI=1S/C28H29N3O3/c1-20-7-11-22(12-8-20)28-30-27(34-31-28)6-4-3-5-17-29-26(32)16-10-21-9-13-24-19-25(33-2)15-14-23(24)18-21/h7-16,18-19H,3-6,17H2,1-2H3,(H,29,32). The summed E-state index contributed by atoms with van der Waals surface area (Å²) in [6.45, 7) is 2.69. The van der Waals surface area contributed by atoms with Gasteiger partial charge in [0, 0.05) is 24.6 Å². The molecule has 0 aliphatic heterocycles. The average Bonchev–Trinajstić information content (AvgIpc) is 3.33. The topological polar surface area (TPSA) is 77.2 Å². The third kappa shape index (κ3) is 6.32. The van der Waals surface area contributed by atoms with Crippen LogP contribution in [-0.4, -0.2) is 29.7 Å². The summed E-state index contributed by atoms with van der Waals surface area (Å²) < 4.78 is 10.6. The molecule has 1 aromatic heterocycles. The number of benzene rings is 3. The fourth-order valence-corrected chi connectivity index (χ4v) is 3.67. The van der Waals surface area contributed by atoms with Gasteiger partial charge in [0.25, 0.3) is 0 Å². The molecule has 0 bridgehead atoms. The van der Waals surface area contributed by atoms with Crippen molar-refractivity contribution < 1.29 is 14.1 Å². The number of nitrogens with one attached hydrogen (secondary N) is 1. The van der Waals surface area contributed by atoms with E-state index < -0.39 is 0 Å². The maximum atomic E-state index is 12.1. The first-order valence-electron chi connectivity index (χ1n) is 11.5. The van der Waals surface area contributed by atoms with Gasteiger partial charge < -0.3 is 14.6 Å². The smallest absolute Gasteiger partial charge is 0.243 e. The molecule has 1 heterocycles. The molecule has 0 spiro atoms. The lowest BCUT2D eigenvalue weighted by Gasteiger charge is -2.04. The van der Waals surface area contributed by atoms with E-state index in [4.69, 9.17) is 9.26 Å². The number of nitrogens with zero attached hydrogens (tertiary/aromatic N) is 2. The number of unbranched alkanes of at least 4 members (excludes halogenated alkanes) is 2. The van der Waals surface area contributed by atoms with Crippen molar-refractivity contribution in [3.05, 3.63) is 83.8 Å². The quantitative estimate of drug-likeness (QED) is 0.243. The molecule has 6 heteroatoms. The molecule has 34 heavy (non-hydrogen) atoms. The number of rotatable bonds is 10. The van der Waals surface area contributed by atoms with Crippen LogP contribution >= 0.6 is 0 Å². The fraction of sp³-hybridized carbons (Fsp3) is 0.250. The summed E-state index contributed by atoms with van der Waals surface area (Å²) in [6.07, 6.45) is 6.95. The molecule has 174 valence electrons. The van der Waals surface area contributed by atoms with Crippen molar-refractivity contribution in [2.75, 3.05) is 13.7 Å². The highest BCUT2D eigenvalue weighted by Crippen LogP contribution is 2.22. The Morgan fingerprint density at radius 1 is 1.00 bits per heavy atom. The Labute approximate surface area is 199 Å². The average molecular weight is 456 g/mol. The zero-order valence-corrected chi connectivity index (χ0v) is 19.6. The second-order valence-corrected chi connectivity index (χ2v) is 8.29. The third-order valence-corrected chi connectivity index (χ3v) is 5.64. The van der Waals surface area contributed by atoms with Gasteiger partial charge in [0.05, 0.1) is 7.11 Å². The Morgan fingerprint density at radius 3 is 2.62 bits per heavy atom. The van der Waals surface area contributed by atoms with Crippen molar-refractivity contribution in [1.82, 2.24) is 15.5 Å². The lowest BCUT2D eigenvalue weighted by atomic mass is 10.1. The minimum absolute atomic E-state index is 0.0885. The van der Waals surface area contributed by atoms with Gasteiger partial charge in [-0.05, 0) is 60.4 Å². The van der Waals surface area contributed by atoms with Gasteiger partial charge in [-0.2, -0.15) is 4.98 Å². The molecule has 0 aliphatic carbocycles. The van der Waals surface area contributed by atoms with Crippen molar-refractivity contribution in [2.24, 2.45) is 0 Å². The number of amides is 1. The van der Waals surface area contributed by atoms with E-state index in [2.05, 4.69) is 21.5 Å². The van der Waals surface area contributed by atoms with Crippen molar-refractivity contribution in [3.8, 4) is 17.1 Å². The van der Waals surface area contributed by atoms with E-state index >= 15 is 0 Å². The van der Waals surface area contributed by atoms with Gasteiger partial charge in [-0.1, -0.05) is 59.6 Å². The van der Waals surface area contributed by atoms with Gasteiger partial charge in [0.2, 0.25) is 17.6 Å². The molecule has 4 aromatic rings. The van der Waals surface area contributed by atoms with Gasteiger partial charge in [0.15, 0.2) is 0 Å². The van der Waals surface area contributed by atoms with Crippen LogP contribution in [0.1, 0.15) is 36.3 Å². The van der Waals surface area contributed by atoms with Crippen molar-refractivity contribution in [2.45, 2.75) is 32.6 Å². The van der Waals surface area contributed by atoms with Crippen molar-refractivity contribution in [1.29, 1.82) is 0 Å². The maximum Gasteiger partial charge on any atom is 0.243 e. The Morgan fingerprint density at radius 2 is 1.79 bits per heavy atom. The highest BCUT2D eigenvalue weighted by atomic mass is 16.5. The van der Waals surface area contributed by atoms with Crippen LogP contribution in [0.25, 0.3) is 28.2 Å². The summed E-state index contributed by atoms with van der Waals surface area (Å²) in [5, 5.41) is 9.22. The molecule has 0 atom stereocenters. The van der Waals surface area contributed by atoms with E-state index in [1.165, 1.54) is 5.56 Å². The van der Waals surface area contributed by atoms with Crippen molar-refractivity contribution >= 4 is 22.8 Å². The van der Waals surface area contributed by atoms with Crippen LogP contribution in [0.3, 0.4) is 0 Å². The lowest BCUT2D eigenvalue weighted by Crippen LogP contribution is -2.21. The minimum Gasteiger partial charge on any atom is -0.497 e. The van der Waals surface area contributed by atoms with Gasteiger partial charge >= 0.3 is 0 Å². The number of methoxy groups -OCH3 is 1. The van der Waals surface area contributed by atoms with Crippen LogP contribution in [0.4, 0.5) is 0 Å². The Bertz CT molecular complexity index is 1280. The summed E-state index contributed by atoms with van der Waals surface area (Å²) in [7, 11) is 1.66. The second kappa shape index (κ2) is 11.3. The Kier molecular flexibility index (Phi) is 7.71. The molecule has 6 nitrogen and oxygen atoms in total. The summed E-state index contributed by atoms with van der Waals surface area (Å²) in [5.41, 5.74) is 3.14. The summed E-state index contributed by atoms with van der Waals surface area (Å²) in [5.74, 6) is 2.02. The van der Waals surface area contributed by atoms with E-state index in [1.54, 1.807) is 13.2 Å². The number of carbonyl (C=O) groups excluding carboxylic acids is 1. The zero-order valence-electron chi connectivity index (χ0n) is 19.6. The van der Waals surface area contributed by atoms with E-state index in [-0.39, 0.29) is 5.91 Å². The molecule has 0 unspecified atom stereocenters. The summed E-state index contributed by atoms with van der Waals surface area (Å²) >= 11 is 0. The molecular formula is C28H29N3O3. The number of hydrogen-bond acceptors (Lipinski definition) is 5. The van der Waals surface area contributed by atoms with Crippen LogP contribution in [0.2, 0.25) is 0 Å². The molecule has 0 radical (unpaired) electrons. The summed E-state index contributed by atoms with van der Waals surface area (Å²) in [4.78, 5) is 16.6. The highest BCUT2D eigenvalue weighted by Gasteiger charge is 2.08. The van der Waals surface area contributed by atoms with Crippen LogP contribution in [0, 0.1) is 6.92 Å². The molecule has 0 saturated carbocycles. The Balaban J connectivity index is 1.15. The van der Waals surface area contributed by atoms with Gasteiger partial charge in [0.1, 0.15) is 5.75 Å². The van der Waals surface area contributed by atoms with E-state index in [9.17, 15) is 4.79 Å². The number of hydrogen-bond donors (Lipinski definition) is 1. The SMILES string of the molecule is COc1ccc2cc(C=CC(=O)NCCCCCc3nc(-c4ccc(C)cc4)no3)ccc2c1. The third-order valence-electron chi connectivity index (χ3n) is 5.64. The van der Waals surface area contributed by atoms with E-state index in [1.807, 2.05) is 67.6 Å². The number of ether oxygens (including phenoxy) is 1. The largest absolute Gasteiger partial charge is 0.497 e. The van der Waals surface area contributed by atoms with E-state index in [0.717, 1.165) is 53.3 Å². The monoisotopic (exact) mass is 455 g/mol. The second-order valence-electron chi connectivity index (χ2n) is 8.29. The summed E-state index contributed by atoms with van der Waals surface area (Å²) in [6, 6.07) is 20.1. The van der Waals surface area contributed by atoms with Crippen LogP contribution in [0.5, 0.6) is 5.75 Å². The first kappa shape index (κ1) is 23.2. The lowest BCUT2D eigenvalue weighted by molar-refractivity contribution is -0.116. The van der Waals surface area contributed by atoms with Gasteiger partial charge in [-0.25, -0.2) is 0 Å². The Hall–Kier alpha value is -3.93. The molecule has 1 amide bonds. The molecule has 1 N–H and O–H groups in total. The molecule has 4 rings (SSSR count). The normalized spacial score (nSPS) is 11.2. The molecular weight excluding hydrogens is 426 g/mol. The number of aromatic nitrogens is 2. The first-order chi connectivity index (χ1) is 16.6. The van der Waals surface area contributed by atoms with Gasteiger partial charge in [-0.15, -0.1) is 0 Å². The first-order valence-corrected chi connectivity index (χ1v) is 11.5. The zero-order chi connectivity index (χ0) is 23.8. The number of carbonyl (C=O) groups is 1. The van der Waals surface area contributed by atoms with E-state index in [0.29, 0.717) is 18.3 Å². The fourth-order valence-electron chi connectivity index (χ4n) is 3.67. The maximum absolute atomic E-state index is 12.1. The van der Waals surface area contributed by atoms with Crippen molar-refractivity contribution in [3.63, 3.8) is 0 Å². The van der Waals surface area contributed by atoms with Crippen LogP contribution in [0.15, 0.2) is 71.3 Å². The predicted molar refractivity (Wildman–Crippen MR) is 135 cm³/mol. The molecule has 0 aliphatic rings. The minimum atomic E-state index is -0.0885. The molecule has 0 saturated heterocycles.